The molecule has 1 fully saturated rings. The van der Waals surface area contributed by atoms with Crippen LogP contribution >= 0.6 is 24.0 Å². The molecule has 0 heterocycles. The minimum Gasteiger partial charge on any atom is -0.396 e. The van der Waals surface area contributed by atoms with Gasteiger partial charge in [-0.3, -0.25) is 0 Å². The second-order valence-electron chi connectivity index (χ2n) is 5.30. The van der Waals surface area contributed by atoms with E-state index in [0.717, 1.165) is 19.4 Å². The lowest BCUT2D eigenvalue weighted by atomic mass is 10.1. The molecule has 0 radical (unpaired) electrons. The maximum absolute atomic E-state index is 13.5. The summed E-state index contributed by atoms with van der Waals surface area (Å²) in [6, 6.07) is 6.65. The minimum absolute atomic E-state index is 0. The molecule has 3 N–H and O–H groups in total. The van der Waals surface area contributed by atoms with Gasteiger partial charge >= 0.3 is 0 Å². The van der Waals surface area contributed by atoms with Crippen LogP contribution in [0.2, 0.25) is 0 Å². The average Bonchev–Trinajstić information content (AvgIpc) is 3.24. The van der Waals surface area contributed by atoms with Crippen molar-refractivity contribution in [3.63, 3.8) is 0 Å². The number of rotatable bonds is 6. The standard InChI is InChI=1S/C15H22FN3O.HI/c1-2-17-14(19-10-15(11-20)7-8-15)18-9-12-5-3-4-6-13(12)16;/h3-6,20H,2,7-11H2,1H3,(H2,17,18,19);1H. The lowest BCUT2D eigenvalue weighted by molar-refractivity contribution is 0.212. The molecule has 21 heavy (non-hydrogen) atoms. The highest BCUT2D eigenvalue weighted by Crippen LogP contribution is 2.44. The van der Waals surface area contributed by atoms with E-state index in [0.29, 0.717) is 24.6 Å². The van der Waals surface area contributed by atoms with E-state index in [-0.39, 0.29) is 41.8 Å². The van der Waals surface area contributed by atoms with E-state index >= 15 is 0 Å². The Morgan fingerprint density at radius 1 is 1.33 bits per heavy atom. The van der Waals surface area contributed by atoms with Crippen LogP contribution in [0.15, 0.2) is 29.3 Å². The molecule has 1 aromatic carbocycles. The van der Waals surface area contributed by atoms with E-state index in [1.807, 2.05) is 6.92 Å². The summed E-state index contributed by atoms with van der Waals surface area (Å²) in [7, 11) is 0. The third-order valence-electron chi connectivity index (χ3n) is 3.63. The number of hydrogen-bond donors (Lipinski definition) is 3. The molecular formula is C15H23FIN3O. The van der Waals surface area contributed by atoms with Gasteiger partial charge in [-0.25, -0.2) is 9.38 Å². The zero-order valence-electron chi connectivity index (χ0n) is 12.2. The second kappa shape index (κ2) is 8.53. The van der Waals surface area contributed by atoms with E-state index in [1.165, 1.54) is 6.07 Å². The van der Waals surface area contributed by atoms with Gasteiger partial charge in [0.2, 0.25) is 0 Å². The summed E-state index contributed by atoms with van der Waals surface area (Å²) in [5.74, 6) is 0.427. The van der Waals surface area contributed by atoms with Crippen LogP contribution in [0.3, 0.4) is 0 Å². The fourth-order valence-electron chi connectivity index (χ4n) is 1.97. The first-order valence-electron chi connectivity index (χ1n) is 7.05. The summed E-state index contributed by atoms with van der Waals surface area (Å²) < 4.78 is 13.5. The largest absolute Gasteiger partial charge is 0.396 e. The third kappa shape index (κ3) is 5.43. The first-order valence-corrected chi connectivity index (χ1v) is 7.05. The van der Waals surface area contributed by atoms with E-state index in [4.69, 9.17) is 0 Å². The topological polar surface area (TPSA) is 56.7 Å². The Hall–Kier alpha value is -0.890. The van der Waals surface area contributed by atoms with Gasteiger partial charge in [-0.05, 0) is 25.8 Å². The zero-order chi connectivity index (χ0) is 14.4. The minimum atomic E-state index is -0.235. The quantitative estimate of drug-likeness (QED) is 0.385. The van der Waals surface area contributed by atoms with Crippen LogP contribution in [0.5, 0.6) is 0 Å². The predicted octanol–water partition coefficient (Wildman–Crippen LogP) is 2.27. The number of guanidine groups is 1. The molecule has 0 unspecified atom stereocenters. The van der Waals surface area contributed by atoms with Crippen molar-refractivity contribution in [3.8, 4) is 0 Å². The summed E-state index contributed by atoms with van der Waals surface area (Å²) in [6.07, 6.45) is 2.09. The second-order valence-corrected chi connectivity index (χ2v) is 5.30. The van der Waals surface area contributed by atoms with E-state index < -0.39 is 0 Å². The summed E-state index contributed by atoms with van der Waals surface area (Å²) in [5.41, 5.74) is 0.599. The van der Waals surface area contributed by atoms with Gasteiger partial charge in [0.25, 0.3) is 0 Å². The lowest BCUT2D eigenvalue weighted by Crippen LogP contribution is -2.41. The highest BCUT2D eigenvalue weighted by atomic mass is 127. The number of aliphatic imine (C=N–C) groups is 1. The van der Waals surface area contributed by atoms with Crippen molar-refractivity contribution in [3.05, 3.63) is 35.6 Å². The van der Waals surface area contributed by atoms with Crippen LogP contribution in [0.1, 0.15) is 25.3 Å². The predicted molar refractivity (Wildman–Crippen MR) is 93.4 cm³/mol. The monoisotopic (exact) mass is 407 g/mol. The van der Waals surface area contributed by atoms with Crippen LogP contribution in [0.4, 0.5) is 4.39 Å². The van der Waals surface area contributed by atoms with Gasteiger partial charge in [0.05, 0.1) is 13.2 Å². The van der Waals surface area contributed by atoms with Crippen molar-refractivity contribution in [1.29, 1.82) is 0 Å². The number of aliphatic hydroxyl groups excluding tert-OH is 1. The van der Waals surface area contributed by atoms with Crippen molar-refractivity contribution in [2.45, 2.75) is 26.3 Å². The van der Waals surface area contributed by atoms with Gasteiger partial charge in [0, 0.05) is 24.1 Å². The number of halogens is 2. The normalized spacial score (nSPS) is 16.0. The van der Waals surface area contributed by atoms with Crippen LogP contribution in [0.25, 0.3) is 0 Å². The zero-order valence-corrected chi connectivity index (χ0v) is 14.6. The van der Waals surface area contributed by atoms with Crippen LogP contribution in [0, 0.1) is 11.2 Å². The smallest absolute Gasteiger partial charge is 0.191 e. The molecule has 1 saturated carbocycles. The molecule has 118 valence electrons. The SMILES string of the molecule is CCNC(=NCc1ccccc1F)NCC1(CO)CC1.I. The van der Waals surface area contributed by atoms with Crippen LogP contribution in [-0.2, 0) is 6.54 Å². The Morgan fingerprint density at radius 3 is 2.62 bits per heavy atom. The molecule has 0 bridgehead atoms. The highest BCUT2D eigenvalue weighted by molar-refractivity contribution is 14.0. The molecule has 0 aliphatic heterocycles. The first-order chi connectivity index (χ1) is 9.69. The molecule has 1 aliphatic rings. The summed E-state index contributed by atoms with van der Waals surface area (Å²) >= 11 is 0. The van der Waals surface area contributed by atoms with Crippen molar-refractivity contribution in [2.24, 2.45) is 10.4 Å². The number of hydrogen-bond acceptors (Lipinski definition) is 2. The fourth-order valence-corrected chi connectivity index (χ4v) is 1.97. The Balaban J connectivity index is 0.00000220. The summed E-state index contributed by atoms with van der Waals surface area (Å²) in [5, 5.41) is 15.6. The van der Waals surface area contributed by atoms with Gasteiger partial charge in [-0.2, -0.15) is 0 Å². The number of nitrogens with zero attached hydrogens (tertiary/aromatic N) is 1. The highest BCUT2D eigenvalue weighted by Gasteiger charge is 2.41. The van der Waals surface area contributed by atoms with Crippen LogP contribution < -0.4 is 10.6 Å². The molecule has 1 aromatic rings. The van der Waals surface area contributed by atoms with Crippen molar-refractivity contribution in [2.75, 3.05) is 19.7 Å². The maximum atomic E-state index is 13.5. The third-order valence-corrected chi connectivity index (χ3v) is 3.63. The molecule has 0 amide bonds. The molecule has 6 heteroatoms. The lowest BCUT2D eigenvalue weighted by Gasteiger charge is -2.16. The molecular weight excluding hydrogens is 384 g/mol. The van der Waals surface area contributed by atoms with Gasteiger partial charge in [0.15, 0.2) is 5.96 Å². The average molecular weight is 407 g/mol. The Morgan fingerprint density at radius 2 is 2.05 bits per heavy atom. The Bertz CT molecular complexity index is 478. The van der Waals surface area contributed by atoms with Gasteiger partial charge in [-0.15, -0.1) is 24.0 Å². The Kier molecular flexibility index (Phi) is 7.37. The van der Waals surface area contributed by atoms with E-state index in [9.17, 15) is 9.50 Å². The molecule has 4 nitrogen and oxygen atoms in total. The molecule has 1 aliphatic carbocycles. The van der Waals surface area contributed by atoms with Crippen LogP contribution in [-0.4, -0.2) is 30.8 Å². The first kappa shape index (κ1) is 18.2. The maximum Gasteiger partial charge on any atom is 0.191 e. The molecule has 0 aromatic heterocycles. The van der Waals surface area contributed by atoms with Crippen molar-refractivity contribution < 1.29 is 9.50 Å². The van der Waals surface area contributed by atoms with Gasteiger partial charge in [0.1, 0.15) is 5.82 Å². The number of aliphatic hydroxyl groups is 1. The Labute approximate surface area is 142 Å². The molecule has 0 spiro atoms. The summed E-state index contributed by atoms with van der Waals surface area (Å²) in [6.45, 7) is 3.93. The van der Waals surface area contributed by atoms with E-state index in [1.54, 1.807) is 18.2 Å². The molecule has 2 rings (SSSR count). The van der Waals surface area contributed by atoms with Crippen molar-refractivity contribution in [1.82, 2.24) is 10.6 Å². The number of benzene rings is 1. The molecule has 0 saturated heterocycles. The van der Waals surface area contributed by atoms with Gasteiger partial charge in [-0.1, -0.05) is 18.2 Å². The fraction of sp³-hybridized carbons (Fsp3) is 0.533. The summed E-state index contributed by atoms with van der Waals surface area (Å²) in [4.78, 5) is 4.38. The van der Waals surface area contributed by atoms with Gasteiger partial charge < -0.3 is 15.7 Å². The molecule has 0 atom stereocenters. The number of nitrogens with one attached hydrogen (secondary N) is 2. The van der Waals surface area contributed by atoms with E-state index in [2.05, 4.69) is 15.6 Å². The van der Waals surface area contributed by atoms with Crippen molar-refractivity contribution >= 4 is 29.9 Å².